The van der Waals surface area contributed by atoms with E-state index in [1.165, 1.54) is 0 Å². The first-order valence-corrected chi connectivity index (χ1v) is 9.47. The van der Waals surface area contributed by atoms with Gasteiger partial charge in [0.05, 0.1) is 12.1 Å². The second-order valence-electron chi connectivity index (χ2n) is 6.87. The van der Waals surface area contributed by atoms with Crippen molar-refractivity contribution in [2.75, 3.05) is 22.5 Å². The summed E-state index contributed by atoms with van der Waals surface area (Å²) < 4.78 is 0. The van der Waals surface area contributed by atoms with Crippen LogP contribution in [-0.4, -0.2) is 29.4 Å². The summed E-state index contributed by atoms with van der Waals surface area (Å²) in [6.07, 6.45) is 1.76. The molecule has 0 unspecified atom stereocenters. The van der Waals surface area contributed by atoms with Crippen molar-refractivity contribution in [1.82, 2.24) is 4.98 Å². The maximum absolute atomic E-state index is 13.0. The monoisotopic (exact) mass is 416 g/mol. The molecule has 0 aliphatic carbocycles. The quantitative estimate of drug-likeness (QED) is 0.353. The number of benzene rings is 2. The molecule has 8 N–H and O–H groups in total. The molecule has 156 valence electrons. The van der Waals surface area contributed by atoms with Crippen LogP contribution in [0.15, 0.2) is 60.8 Å². The number of amides is 4. The van der Waals surface area contributed by atoms with E-state index in [0.717, 1.165) is 0 Å². The summed E-state index contributed by atoms with van der Waals surface area (Å²) in [7, 11) is 0. The van der Waals surface area contributed by atoms with Gasteiger partial charge in [0.1, 0.15) is 0 Å². The molecule has 31 heavy (non-hydrogen) atoms. The number of carbonyl (C=O) groups excluding carboxylic acids is 3. The van der Waals surface area contributed by atoms with E-state index >= 15 is 0 Å². The fourth-order valence-corrected chi connectivity index (χ4v) is 3.52. The summed E-state index contributed by atoms with van der Waals surface area (Å²) in [6.45, 7) is -0.139. The van der Waals surface area contributed by atoms with Crippen LogP contribution in [0.25, 0.3) is 11.1 Å². The smallest absolute Gasteiger partial charge is 0.316 e. The standard InChI is InChI=1S/C22H20N6O3/c23-11-18(29)26-13-4-1-3-12(9-13)19(17-5-2-8-25-17)20-15-10-14(27-22(24)31)6-7-16(15)28-21(20)30/h1-10,25H,11,23H2,(H,26,29)(H,28,30)(H3,24,27,31)/b20-19+. The zero-order valence-electron chi connectivity index (χ0n) is 16.4. The number of aromatic amines is 1. The van der Waals surface area contributed by atoms with Crippen molar-refractivity contribution in [3.8, 4) is 0 Å². The van der Waals surface area contributed by atoms with E-state index < -0.39 is 6.03 Å². The Kier molecular flexibility index (Phi) is 5.25. The average Bonchev–Trinajstić information content (AvgIpc) is 3.37. The first kappa shape index (κ1) is 19.9. The molecule has 0 atom stereocenters. The topological polar surface area (TPSA) is 155 Å². The van der Waals surface area contributed by atoms with Gasteiger partial charge in [-0.25, -0.2) is 4.79 Å². The molecule has 0 spiro atoms. The summed E-state index contributed by atoms with van der Waals surface area (Å²) >= 11 is 0. The van der Waals surface area contributed by atoms with Gasteiger partial charge in [0, 0.05) is 40.1 Å². The van der Waals surface area contributed by atoms with Crippen molar-refractivity contribution in [3.05, 3.63) is 77.6 Å². The predicted molar refractivity (Wildman–Crippen MR) is 119 cm³/mol. The Morgan fingerprint density at radius 3 is 2.48 bits per heavy atom. The molecule has 1 aliphatic heterocycles. The number of hydrogen-bond acceptors (Lipinski definition) is 4. The Hall–Kier alpha value is -4.37. The summed E-state index contributed by atoms with van der Waals surface area (Å²) in [5.74, 6) is -0.607. The molecule has 4 amide bonds. The first-order valence-electron chi connectivity index (χ1n) is 9.47. The van der Waals surface area contributed by atoms with Crippen molar-refractivity contribution in [3.63, 3.8) is 0 Å². The van der Waals surface area contributed by atoms with E-state index in [9.17, 15) is 14.4 Å². The van der Waals surface area contributed by atoms with Gasteiger partial charge in [0.2, 0.25) is 5.91 Å². The van der Waals surface area contributed by atoms with Crippen molar-refractivity contribution in [2.45, 2.75) is 0 Å². The summed E-state index contributed by atoms with van der Waals surface area (Å²) in [5.41, 5.74) is 15.4. The highest BCUT2D eigenvalue weighted by atomic mass is 16.2. The van der Waals surface area contributed by atoms with Crippen LogP contribution < -0.4 is 27.4 Å². The van der Waals surface area contributed by atoms with E-state index in [0.29, 0.717) is 45.0 Å². The fourth-order valence-electron chi connectivity index (χ4n) is 3.52. The summed E-state index contributed by atoms with van der Waals surface area (Å²) in [5, 5.41) is 8.11. The lowest BCUT2D eigenvalue weighted by molar-refractivity contribution is -0.115. The number of carbonyl (C=O) groups is 3. The molecular formula is C22H20N6O3. The lowest BCUT2D eigenvalue weighted by Crippen LogP contribution is -2.21. The van der Waals surface area contributed by atoms with Crippen LogP contribution in [0, 0.1) is 0 Å². The fraction of sp³-hybridized carbons (Fsp3) is 0.0455. The molecule has 9 nitrogen and oxygen atoms in total. The molecule has 0 bridgehead atoms. The van der Waals surface area contributed by atoms with Crippen molar-refractivity contribution in [2.24, 2.45) is 11.5 Å². The van der Waals surface area contributed by atoms with Gasteiger partial charge in [-0.2, -0.15) is 0 Å². The van der Waals surface area contributed by atoms with Gasteiger partial charge < -0.3 is 32.4 Å². The molecule has 0 radical (unpaired) electrons. The Balaban J connectivity index is 1.91. The van der Waals surface area contributed by atoms with Gasteiger partial charge in [0.25, 0.3) is 5.91 Å². The molecule has 0 saturated carbocycles. The number of nitrogens with one attached hydrogen (secondary N) is 4. The van der Waals surface area contributed by atoms with Gasteiger partial charge in [0.15, 0.2) is 0 Å². The number of rotatable bonds is 5. The van der Waals surface area contributed by atoms with Crippen LogP contribution >= 0.6 is 0 Å². The predicted octanol–water partition coefficient (Wildman–Crippen LogP) is 2.31. The molecular weight excluding hydrogens is 396 g/mol. The number of primary amides is 1. The number of H-pyrrole nitrogens is 1. The second-order valence-corrected chi connectivity index (χ2v) is 6.87. The molecule has 3 aromatic rings. The van der Waals surface area contributed by atoms with E-state index in [-0.39, 0.29) is 18.4 Å². The summed E-state index contributed by atoms with van der Waals surface area (Å²) in [4.78, 5) is 39.2. The molecule has 0 fully saturated rings. The minimum atomic E-state index is -0.698. The molecule has 2 aromatic carbocycles. The van der Waals surface area contributed by atoms with E-state index in [4.69, 9.17) is 11.5 Å². The molecule has 1 aromatic heterocycles. The number of fused-ring (bicyclic) bond motifs is 1. The number of anilines is 3. The summed E-state index contributed by atoms with van der Waals surface area (Å²) in [6, 6.07) is 15.2. The number of aromatic nitrogens is 1. The van der Waals surface area contributed by atoms with Gasteiger partial charge in [-0.1, -0.05) is 12.1 Å². The van der Waals surface area contributed by atoms with Crippen LogP contribution in [0.2, 0.25) is 0 Å². The second kappa shape index (κ2) is 8.17. The Bertz CT molecular complexity index is 1210. The number of hydrogen-bond donors (Lipinski definition) is 6. The minimum absolute atomic E-state index is 0.139. The molecule has 1 aliphatic rings. The lowest BCUT2D eigenvalue weighted by Gasteiger charge is -2.13. The third kappa shape index (κ3) is 4.02. The SMILES string of the molecule is NCC(=O)Nc1cccc(/C(=C2\C(=O)Nc3ccc(NC(N)=O)cc32)c2ccc[nH]2)c1. The van der Waals surface area contributed by atoms with Gasteiger partial charge in [-0.3, -0.25) is 9.59 Å². The average molecular weight is 416 g/mol. The first-order chi connectivity index (χ1) is 15.0. The van der Waals surface area contributed by atoms with E-state index in [1.54, 1.807) is 42.6 Å². The van der Waals surface area contributed by atoms with Crippen molar-refractivity contribution >= 4 is 46.1 Å². The molecule has 0 saturated heterocycles. The Morgan fingerprint density at radius 1 is 0.968 bits per heavy atom. The van der Waals surface area contributed by atoms with E-state index in [1.807, 2.05) is 18.2 Å². The van der Waals surface area contributed by atoms with Gasteiger partial charge in [-0.15, -0.1) is 0 Å². The van der Waals surface area contributed by atoms with Crippen molar-refractivity contribution in [1.29, 1.82) is 0 Å². The maximum Gasteiger partial charge on any atom is 0.316 e. The molecule has 4 rings (SSSR count). The third-order valence-corrected chi connectivity index (χ3v) is 4.77. The normalized spacial score (nSPS) is 13.9. The highest BCUT2D eigenvalue weighted by Gasteiger charge is 2.29. The van der Waals surface area contributed by atoms with Crippen LogP contribution in [0.4, 0.5) is 21.9 Å². The van der Waals surface area contributed by atoms with Crippen LogP contribution in [0.5, 0.6) is 0 Å². The van der Waals surface area contributed by atoms with Crippen molar-refractivity contribution < 1.29 is 14.4 Å². The Labute approximate surface area is 177 Å². The minimum Gasteiger partial charge on any atom is -0.361 e. The third-order valence-electron chi connectivity index (χ3n) is 4.77. The van der Waals surface area contributed by atoms with Crippen LogP contribution in [0.1, 0.15) is 16.8 Å². The molecule has 9 heteroatoms. The highest BCUT2D eigenvalue weighted by Crippen LogP contribution is 2.41. The number of urea groups is 1. The Morgan fingerprint density at radius 2 is 1.77 bits per heavy atom. The maximum atomic E-state index is 13.0. The van der Waals surface area contributed by atoms with Gasteiger partial charge >= 0.3 is 6.03 Å². The zero-order valence-corrected chi connectivity index (χ0v) is 16.4. The number of nitrogens with two attached hydrogens (primary N) is 2. The lowest BCUT2D eigenvalue weighted by atomic mass is 9.92. The largest absolute Gasteiger partial charge is 0.361 e. The van der Waals surface area contributed by atoms with Crippen LogP contribution in [0.3, 0.4) is 0 Å². The van der Waals surface area contributed by atoms with E-state index in [2.05, 4.69) is 20.9 Å². The highest BCUT2D eigenvalue weighted by molar-refractivity contribution is 6.38. The van der Waals surface area contributed by atoms with Gasteiger partial charge in [-0.05, 0) is 48.0 Å². The van der Waals surface area contributed by atoms with Crippen LogP contribution in [-0.2, 0) is 9.59 Å². The zero-order chi connectivity index (χ0) is 22.0. The molecule has 2 heterocycles.